The fourth-order valence-corrected chi connectivity index (χ4v) is 4.55. The summed E-state index contributed by atoms with van der Waals surface area (Å²) >= 11 is 1.47. The highest BCUT2D eigenvalue weighted by Gasteiger charge is 2.32. The molecule has 2 heterocycles. The third kappa shape index (κ3) is 4.26. The van der Waals surface area contributed by atoms with Crippen LogP contribution in [0.25, 0.3) is 0 Å². The number of nitriles is 2. The molecule has 0 fully saturated rings. The zero-order chi connectivity index (χ0) is 24.2. The van der Waals surface area contributed by atoms with Gasteiger partial charge in [0.15, 0.2) is 6.19 Å². The van der Waals surface area contributed by atoms with Crippen LogP contribution in [0.15, 0.2) is 58.4 Å². The lowest BCUT2D eigenvalue weighted by Crippen LogP contribution is -2.33. The summed E-state index contributed by atoms with van der Waals surface area (Å²) in [6.07, 6.45) is 1.78. The molecular formula is C22H17N9O2S. The summed E-state index contributed by atoms with van der Waals surface area (Å²) in [7, 11) is 0. The van der Waals surface area contributed by atoms with Gasteiger partial charge in [-0.1, -0.05) is 30.3 Å². The van der Waals surface area contributed by atoms with E-state index in [2.05, 4.69) is 20.6 Å². The van der Waals surface area contributed by atoms with Crippen molar-refractivity contribution >= 4 is 40.7 Å². The highest BCUT2D eigenvalue weighted by atomic mass is 32.2. The SMILES string of the molecule is N#CNC1=NC(c2cc([N+](=O)[O-])ccc2SCc2ccccc2)c2c(nc(N)c(C#N)c2N)N1. The second-order valence-electron chi connectivity index (χ2n) is 7.16. The van der Waals surface area contributed by atoms with Crippen LogP contribution in [0.2, 0.25) is 0 Å². The first kappa shape index (κ1) is 22.4. The Hall–Kier alpha value is -4.81. The molecule has 6 N–H and O–H groups in total. The fraction of sp³-hybridized carbons (Fsp3) is 0.0909. The van der Waals surface area contributed by atoms with E-state index in [1.807, 2.05) is 36.4 Å². The third-order valence-corrected chi connectivity index (χ3v) is 6.25. The van der Waals surface area contributed by atoms with Gasteiger partial charge < -0.3 is 16.8 Å². The number of nitro benzene ring substituents is 1. The number of nitrogens with one attached hydrogen (secondary N) is 2. The van der Waals surface area contributed by atoms with Crippen molar-refractivity contribution in [3.8, 4) is 12.3 Å². The van der Waals surface area contributed by atoms with Crippen LogP contribution in [0.3, 0.4) is 0 Å². The molecule has 0 bridgehead atoms. The lowest BCUT2D eigenvalue weighted by atomic mass is 9.94. The average Bonchev–Trinajstić information content (AvgIpc) is 2.83. The van der Waals surface area contributed by atoms with Crippen molar-refractivity contribution in [2.75, 3.05) is 16.8 Å². The van der Waals surface area contributed by atoms with E-state index < -0.39 is 11.0 Å². The van der Waals surface area contributed by atoms with Crippen LogP contribution >= 0.6 is 11.8 Å². The van der Waals surface area contributed by atoms with E-state index in [4.69, 9.17) is 16.7 Å². The van der Waals surface area contributed by atoms with E-state index in [9.17, 15) is 15.4 Å². The second-order valence-corrected chi connectivity index (χ2v) is 8.17. The number of non-ortho nitro benzene ring substituents is 1. The van der Waals surface area contributed by atoms with Crippen LogP contribution in [0.4, 0.5) is 23.0 Å². The number of nitrogens with zero attached hydrogens (tertiary/aromatic N) is 5. The number of hydrogen-bond donors (Lipinski definition) is 4. The molecule has 1 aromatic heterocycles. The highest BCUT2D eigenvalue weighted by Crippen LogP contribution is 2.44. The third-order valence-electron chi connectivity index (χ3n) is 5.09. The number of anilines is 3. The number of nitro groups is 1. The number of pyridine rings is 1. The van der Waals surface area contributed by atoms with Gasteiger partial charge in [-0.05, 0) is 11.6 Å². The van der Waals surface area contributed by atoms with Crippen molar-refractivity contribution in [1.82, 2.24) is 10.3 Å². The van der Waals surface area contributed by atoms with Crippen LogP contribution in [0.1, 0.15) is 28.3 Å². The summed E-state index contributed by atoms with van der Waals surface area (Å²) in [5, 5.41) is 35.4. The molecule has 2 aromatic carbocycles. The zero-order valence-electron chi connectivity index (χ0n) is 17.5. The Morgan fingerprint density at radius 3 is 2.65 bits per heavy atom. The van der Waals surface area contributed by atoms with E-state index in [1.165, 1.54) is 23.9 Å². The van der Waals surface area contributed by atoms with Crippen molar-refractivity contribution in [2.45, 2.75) is 16.7 Å². The lowest BCUT2D eigenvalue weighted by Gasteiger charge is -2.27. The quantitative estimate of drug-likeness (QED) is 0.141. The summed E-state index contributed by atoms with van der Waals surface area (Å²) in [5.41, 5.74) is 14.0. The number of guanidine groups is 1. The van der Waals surface area contributed by atoms with Crippen LogP contribution in [0, 0.1) is 32.9 Å². The lowest BCUT2D eigenvalue weighted by molar-refractivity contribution is -0.385. The molecule has 1 aliphatic heterocycles. The van der Waals surface area contributed by atoms with Gasteiger partial charge in [0.1, 0.15) is 29.3 Å². The average molecular weight is 472 g/mol. The Balaban J connectivity index is 1.89. The molecule has 0 spiro atoms. The maximum Gasteiger partial charge on any atom is 0.269 e. The van der Waals surface area contributed by atoms with Gasteiger partial charge in [-0.2, -0.15) is 10.5 Å². The number of aliphatic imine (C=N–C) groups is 1. The molecule has 0 aliphatic carbocycles. The predicted octanol–water partition coefficient (Wildman–Crippen LogP) is 3.26. The van der Waals surface area contributed by atoms with Crippen LogP contribution in [-0.4, -0.2) is 15.9 Å². The van der Waals surface area contributed by atoms with Gasteiger partial charge in [0.25, 0.3) is 5.69 Å². The minimum absolute atomic E-state index is 0.0126. The van der Waals surface area contributed by atoms with Crippen LogP contribution in [0.5, 0.6) is 0 Å². The largest absolute Gasteiger partial charge is 0.397 e. The molecule has 0 saturated carbocycles. The number of hydrogen-bond acceptors (Lipinski definition) is 11. The highest BCUT2D eigenvalue weighted by molar-refractivity contribution is 7.98. The molecule has 12 heteroatoms. The molecular weight excluding hydrogens is 454 g/mol. The van der Waals surface area contributed by atoms with Gasteiger partial charge >= 0.3 is 0 Å². The number of nitrogens with two attached hydrogens (primary N) is 2. The van der Waals surface area contributed by atoms with E-state index in [0.717, 1.165) is 10.5 Å². The van der Waals surface area contributed by atoms with Crippen LogP contribution in [-0.2, 0) is 5.75 Å². The molecule has 1 unspecified atom stereocenters. The monoisotopic (exact) mass is 471 g/mol. The van der Waals surface area contributed by atoms with Crippen molar-refractivity contribution in [2.24, 2.45) is 4.99 Å². The molecule has 0 amide bonds. The van der Waals surface area contributed by atoms with Crippen molar-refractivity contribution in [3.05, 3.63) is 80.9 Å². The van der Waals surface area contributed by atoms with Gasteiger partial charge in [-0.25, -0.2) is 9.98 Å². The van der Waals surface area contributed by atoms with Gasteiger partial charge in [0.05, 0.1) is 10.6 Å². The van der Waals surface area contributed by atoms with Gasteiger partial charge in [-0.3, -0.25) is 15.4 Å². The van der Waals surface area contributed by atoms with Crippen molar-refractivity contribution < 1.29 is 4.92 Å². The summed E-state index contributed by atoms with van der Waals surface area (Å²) < 4.78 is 0. The number of benzene rings is 2. The van der Waals surface area contributed by atoms with Crippen molar-refractivity contribution in [3.63, 3.8) is 0 Å². The Labute approximate surface area is 198 Å². The molecule has 1 aliphatic rings. The normalized spacial score (nSPS) is 14.1. The van der Waals surface area contributed by atoms with E-state index in [-0.39, 0.29) is 34.5 Å². The van der Waals surface area contributed by atoms with Gasteiger partial charge in [0, 0.05) is 33.9 Å². The Morgan fingerprint density at radius 1 is 1.21 bits per heavy atom. The summed E-state index contributed by atoms with van der Waals surface area (Å²) in [6, 6.07) is 15.3. The van der Waals surface area contributed by atoms with Gasteiger partial charge in [0.2, 0.25) is 5.96 Å². The number of fused-ring (bicyclic) bond motifs is 1. The standard InChI is InChI=1S/C22H17N9O2S/c23-9-15-18(25)17-19(28-22(27-11-24)30-21(17)29-20(15)26)14-8-13(31(32)33)6-7-16(14)34-10-12-4-2-1-3-5-12/h1-8,19H,10H2,(H6,25,26,27,28,29,30). The topological polar surface area (TPSA) is 192 Å². The van der Waals surface area contributed by atoms with Crippen molar-refractivity contribution in [1.29, 1.82) is 10.5 Å². The number of aromatic nitrogens is 1. The summed E-state index contributed by atoms with van der Waals surface area (Å²) in [4.78, 5) is 20.5. The predicted molar refractivity (Wildman–Crippen MR) is 129 cm³/mol. The number of thioether (sulfide) groups is 1. The molecule has 168 valence electrons. The first-order valence-corrected chi connectivity index (χ1v) is 10.9. The Bertz CT molecular complexity index is 1390. The fourth-order valence-electron chi connectivity index (χ4n) is 3.54. The van der Waals surface area contributed by atoms with E-state index >= 15 is 0 Å². The van der Waals surface area contributed by atoms with Crippen LogP contribution < -0.4 is 22.1 Å². The number of nitrogen functional groups attached to an aromatic ring is 2. The minimum atomic E-state index is -0.884. The summed E-state index contributed by atoms with van der Waals surface area (Å²) in [5.74, 6) is 0.801. The van der Waals surface area contributed by atoms with E-state index in [0.29, 0.717) is 16.9 Å². The first-order valence-electron chi connectivity index (χ1n) is 9.86. The maximum absolute atomic E-state index is 11.5. The Morgan fingerprint density at radius 2 is 1.97 bits per heavy atom. The molecule has 3 aromatic rings. The van der Waals surface area contributed by atoms with E-state index in [1.54, 1.807) is 12.3 Å². The molecule has 1 atom stereocenters. The molecule has 0 saturated heterocycles. The molecule has 34 heavy (non-hydrogen) atoms. The maximum atomic E-state index is 11.5. The minimum Gasteiger partial charge on any atom is -0.397 e. The number of rotatable bonds is 5. The molecule has 0 radical (unpaired) electrons. The first-order chi connectivity index (χ1) is 16.4. The second kappa shape index (κ2) is 9.36. The van der Waals surface area contributed by atoms with Gasteiger partial charge in [-0.15, -0.1) is 11.8 Å². The molecule has 11 nitrogen and oxygen atoms in total. The zero-order valence-corrected chi connectivity index (χ0v) is 18.3. The summed E-state index contributed by atoms with van der Waals surface area (Å²) in [6.45, 7) is 0. The Kier molecular flexibility index (Phi) is 6.16. The smallest absolute Gasteiger partial charge is 0.269 e. The molecule has 4 rings (SSSR count).